The molecule has 0 aliphatic rings. The van der Waals surface area contributed by atoms with Crippen LogP contribution in [0.1, 0.15) is 25.2 Å². The molecular weight excluding hydrogens is 216 g/mol. The predicted molar refractivity (Wildman–Crippen MR) is 66.5 cm³/mol. The second-order valence-electron chi connectivity index (χ2n) is 4.43. The summed E-state index contributed by atoms with van der Waals surface area (Å²) < 4.78 is 5.05. The van der Waals surface area contributed by atoms with Gasteiger partial charge in [0.25, 0.3) is 0 Å². The van der Waals surface area contributed by atoms with Crippen molar-refractivity contribution in [3.63, 3.8) is 0 Å². The first kappa shape index (κ1) is 13.6. The Hall–Kier alpha value is -1.42. The van der Waals surface area contributed by atoms with E-state index in [0.29, 0.717) is 13.0 Å². The van der Waals surface area contributed by atoms with Crippen molar-refractivity contribution in [3.05, 3.63) is 29.6 Å². The van der Waals surface area contributed by atoms with Crippen molar-refractivity contribution in [2.45, 2.75) is 27.2 Å². The maximum atomic E-state index is 11.9. The lowest BCUT2D eigenvalue weighted by Gasteiger charge is -2.25. The van der Waals surface area contributed by atoms with Gasteiger partial charge >= 0.3 is 5.97 Å². The van der Waals surface area contributed by atoms with Gasteiger partial charge in [-0.2, -0.15) is 0 Å². The number of carbonyl (C=O) groups is 1. The first-order valence-electron chi connectivity index (χ1n) is 5.81. The van der Waals surface area contributed by atoms with Crippen LogP contribution in [-0.2, 0) is 16.0 Å². The van der Waals surface area contributed by atoms with Crippen LogP contribution in [-0.4, -0.2) is 24.1 Å². The molecule has 1 rings (SSSR count). The van der Waals surface area contributed by atoms with Crippen LogP contribution in [0.25, 0.3) is 0 Å². The molecule has 1 aromatic rings. The third-order valence-corrected chi connectivity index (χ3v) is 2.74. The van der Waals surface area contributed by atoms with Crippen molar-refractivity contribution >= 4 is 5.97 Å². The van der Waals surface area contributed by atoms with Crippen molar-refractivity contribution < 1.29 is 9.53 Å². The fourth-order valence-corrected chi connectivity index (χ4v) is 1.63. The minimum Gasteiger partial charge on any atom is -0.466 e. The van der Waals surface area contributed by atoms with Crippen LogP contribution in [0, 0.1) is 12.3 Å². The minimum absolute atomic E-state index is 0.251. The van der Waals surface area contributed by atoms with Gasteiger partial charge in [-0.15, -0.1) is 0 Å². The van der Waals surface area contributed by atoms with Crippen molar-refractivity contribution in [3.8, 4) is 0 Å². The van der Waals surface area contributed by atoms with Crippen molar-refractivity contribution in [1.29, 1.82) is 0 Å². The predicted octanol–water partition coefficient (Wildman–Crippen LogP) is 1.46. The largest absolute Gasteiger partial charge is 0.466 e. The van der Waals surface area contributed by atoms with Crippen LogP contribution >= 0.6 is 0 Å². The van der Waals surface area contributed by atoms with E-state index in [1.165, 1.54) is 0 Å². The van der Waals surface area contributed by atoms with Crippen molar-refractivity contribution in [1.82, 2.24) is 4.98 Å². The molecule has 1 heterocycles. The SMILES string of the molecule is CCOC(=O)C(C)(CN)Cc1cccc(C)n1. The molecule has 0 saturated carbocycles. The van der Waals surface area contributed by atoms with E-state index in [2.05, 4.69) is 4.98 Å². The van der Waals surface area contributed by atoms with Gasteiger partial charge in [0.05, 0.1) is 12.0 Å². The molecule has 0 saturated heterocycles. The molecule has 2 N–H and O–H groups in total. The zero-order chi connectivity index (χ0) is 12.9. The van der Waals surface area contributed by atoms with Gasteiger partial charge in [0.2, 0.25) is 0 Å². The van der Waals surface area contributed by atoms with Crippen LogP contribution in [0.4, 0.5) is 0 Å². The van der Waals surface area contributed by atoms with E-state index in [-0.39, 0.29) is 12.5 Å². The van der Waals surface area contributed by atoms with E-state index in [4.69, 9.17) is 10.5 Å². The van der Waals surface area contributed by atoms with Crippen LogP contribution in [0.2, 0.25) is 0 Å². The summed E-state index contributed by atoms with van der Waals surface area (Å²) in [6, 6.07) is 5.76. The second kappa shape index (κ2) is 5.77. The lowest BCUT2D eigenvalue weighted by Crippen LogP contribution is -2.39. The normalized spacial score (nSPS) is 14.1. The van der Waals surface area contributed by atoms with E-state index in [1.807, 2.05) is 32.0 Å². The van der Waals surface area contributed by atoms with Gasteiger partial charge < -0.3 is 10.5 Å². The molecule has 0 amide bonds. The molecule has 0 fully saturated rings. The second-order valence-corrected chi connectivity index (χ2v) is 4.43. The summed E-state index contributed by atoms with van der Waals surface area (Å²) in [5.74, 6) is -0.259. The van der Waals surface area contributed by atoms with Crippen molar-refractivity contribution in [2.24, 2.45) is 11.1 Å². The van der Waals surface area contributed by atoms with Gasteiger partial charge in [0.1, 0.15) is 0 Å². The van der Waals surface area contributed by atoms with Crippen LogP contribution in [0.15, 0.2) is 18.2 Å². The molecule has 1 aromatic heterocycles. The molecule has 0 radical (unpaired) electrons. The Morgan fingerprint density at radius 1 is 1.53 bits per heavy atom. The Bertz CT molecular complexity index is 393. The molecule has 0 spiro atoms. The summed E-state index contributed by atoms with van der Waals surface area (Å²) in [7, 11) is 0. The zero-order valence-corrected chi connectivity index (χ0v) is 10.7. The highest BCUT2D eigenvalue weighted by molar-refractivity contribution is 5.77. The summed E-state index contributed by atoms with van der Waals surface area (Å²) in [4.78, 5) is 16.2. The molecule has 0 bridgehead atoms. The highest BCUT2D eigenvalue weighted by atomic mass is 16.5. The first-order valence-corrected chi connectivity index (χ1v) is 5.81. The van der Waals surface area contributed by atoms with E-state index in [1.54, 1.807) is 6.92 Å². The number of aromatic nitrogens is 1. The minimum atomic E-state index is -0.698. The van der Waals surface area contributed by atoms with Gasteiger partial charge in [-0.1, -0.05) is 6.07 Å². The molecule has 4 heteroatoms. The third kappa shape index (κ3) is 3.53. The molecule has 0 aromatic carbocycles. The number of ether oxygens (including phenoxy) is 1. The topological polar surface area (TPSA) is 65.2 Å². The number of nitrogens with two attached hydrogens (primary N) is 1. The highest BCUT2D eigenvalue weighted by Gasteiger charge is 2.34. The molecule has 1 atom stereocenters. The lowest BCUT2D eigenvalue weighted by atomic mass is 9.85. The average molecular weight is 236 g/mol. The molecular formula is C13H20N2O2. The number of esters is 1. The summed E-state index contributed by atoms with van der Waals surface area (Å²) in [5, 5.41) is 0. The quantitative estimate of drug-likeness (QED) is 0.786. The monoisotopic (exact) mass is 236 g/mol. The first-order chi connectivity index (χ1) is 8.01. The summed E-state index contributed by atoms with van der Waals surface area (Å²) in [6.45, 7) is 6.15. The van der Waals surface area contributed by atoms with Crippen LogP contribution < -0.4 is 5.73 Å². The molecule has 0 aliphatic carbocycles. The van der Waals surface area contributed by atoms with Crippen LogP contribution in [0.5, 0.6) is 0 Å². The standard InChI is InChI=1S/C13H20N2O2/c1-4-17-12(16)13(3,9-14)8-11-7-5-6-10(2)15-11/h5-7H,4,8-9,14H2,1-3H3. The van der Waals surface area contributed by atoms with Crippen LogP contribution in [0.3, 0.4) is 0 Å². The number of hydrogen-bond acceptors (Lipinski definition) is 4. The van der Waals surface area contributed by atoms with E-state index in [0.717, 1.165) is 11.4 Å². The number of aryl methyl sites for hydroxylation is 1. The van der Waals surface area contributed by atoms with E-state index in [9.17, 15) is 4.79 Å². The smallest absolute Gasteiger partial charge is 0.313 e. The number of carbonyl (C=O) groups excluding carboxylic acids is 1. The Labute approximate surface area is 102 Å². The summed E-state index contributed by atoms with van der Waals surface area (Å²) in [5.41, 5.74) is 6.80. The Morgan fingerprint density at radius 2 is 2.24 bits per heavy atom. The number of hydrogen-bond donors (Lipinski definition) is 1. The maximum Gasteiger partial charge on any atom is 0.313 e. The lowest BCUT2D eigenvalue weighted by molar-refractivity contribution is -0.153. The Morgan fingerprint density at radius 3 is 2.76 bits per heavy atom. The number of nitrogens with zero attached hydrogens (tertiary/aromatic N) is 1. The van der Waals surface area contributed by atoms with Crippen molar-refractivity contribution in [2.75, 3.05) is 13.2 Å². The molecule has 94 valence electrons. The summed E-state index contributed by atoms with van der Waals surface area (Å²) >= 11 is 0. The molecule has 1 unspecified atom stereocenters. The number of rotatable bonds is 5. The molecule has 17 heavy (non-hydrogen) atoms. The van der Waals surface area contributed by atoms with E-state index >= 15 is 0 Å². The maximum absolute atomic E-state index is 11.9. The fraction of sp³-hybridized carbons (Fsp3) is 0.538. The average Bonchev–Trinajstić information content (AvgIpc) is 2.29. The fourth-order valence-electron chi connectivity index (χ4n) is 1.63. The van der Waals surface area contributed by atoms with E-state index < -0.39 is 5.41 Å². The Balaban J connectivity index is 2.85. The van der Waals surface area contributed by atoms with Gasteiger partial charge in [-0.25, -0.2) is 0 Å². The van der Waals surface area contributed by atoms with Gasteiger partial charge in [0, 0.05) is 24.4 Å². The molecule has 0 aliphatic heterocycles. The zero-order valence-electron chi connectivity index (χ0n) is 10.7. The van der Waals surface area contributed by atoms with Gasteiger partial charge in [-0.05, 0) is 32.9 Å². The number of pyridine rings is 1. The third-order valence-electron chi connectivity index (χ3n) is 2.74. The molecule has 4 nitrogen and oxygen atoms in total. The highest BCUT2D eigenvalue weighted by Crippen LogP contribution is 2.22. The summed E-state index contributed by atoms with van der Waals surface area (Å²) in [6.07, 6.45) is 0.504. The van der Waals surface area contributed by atoms with Gasteiger partial charge in [0.15, 0.2) is 0 Å². The van der Waals surface area contributed by atoms with Gasteiger partial charge in [-0.3, -0.25) is 9.78 Å². The Kier molecular flexibility index (Phi) is 4.63.